The zero-order valence-electron chi connectivity index (χ0n) is 10.7. The van der Waals surface area contributed by atoms with E-state index in [1.807, 2.05) is 0 Å². The molecule has 1 heterocycles. The van der Waals surface area contributed by atoms with Crippen LogP contribution in [0.2, 0.25) is 0 Å². The third-order valence-electron chi connectivity index (χ3n) is 3.58. The minimum Gasteiger partial charge on any atom is -0.481 e. The number of carboxylic acids is 1. The monoisotopic (exact) mass is 292 g/mol. The van der Waals surface area contributed by atoms with Crippen molar-refractivity contribution in [3.63, 3.8) is 0 Å². The third-order valence-corrected chi connectivity index (χ3v) is 3.58. The van der Waals surface area contributed by atoms with Crippen molar-refractivity contribution in [3.05, 3.63) is 11.8 Å². The zero-order chi connectivity index (χ0) is 14.8. The molecule has 8 heteroatoms. The van der Waals surface area contributed by atoms with Crippen LogP contribution in [-0.4, -0.2) is 27.4 Å². The largest absolute Gasteiger partial charge is 0.481 e. The number of carboxylic acid groups (broad SMARTS) is 1. The Balaban J connectivity index is 2.06. The number of carbonyl (C=O) groups is 1. The first-order chi connectivity index (χ1) is 9.28. The van der Waals surface area contributed by atoms with Crippen LogP contribution in [0.25, 0.3) is 0 Å². The summed E-state index contributed by atoms with van der Waals surface area (Å²) in [6, 6.07) is 0. The number of aromatic nitrogens is 2. The fourth-order valence-corrected chi connectivity index (χ4v) is 2.79. The molecule has 0 unspecified atom stereocenters. The predicted molar refractivity (Wildman–Crippen MR) is 60.9 cm³/mol. The predicted octanol–water partition coefficient (Wildman–Crippen LogP) is 2.75. The van der Waals surface area contributed by atoms with Gasteiger partial charge in [-0.2, -0.15) is 13.2 Å². The van der Waals surface area contributed by atoms with E-state index in [2.05, 4.69) is 10.2 Å². The second-order valence-corrected chi connectivity index (χ2v) is 5.34. The fourth-order valence-electron chi connectivity index (χ4n) is 2.79. The van der Waals surface area contributed by atoms with Gasteiger partial charge < -0.3 is 9.52 Å². The Kier molecular flexibility index (Phi) is 4.01. The second-order valence-electron chi connectivity index (χ2n) is 5.34. The molecule has 0 radical (unpaired) electrons. The van der Waals surface area contributed by atoms with E-state index in [4.69, 9.17) is 9.52 Å². The van der Waals surface area contributed by atoms with Crippen molar-refractivity contribution in [2.45, 2.75) is 51.1 Å². The summed E-state index contributed by atoms with van der Waals surface area (Å²) in [6.07, 6.45) is -2.18. The molecule has 1 aromatic heterocycles. The summed E-state index contributed by atoms with van der Waals surface area (Å²) in [5.41, 5.74) is -0.464. The van der Waals surface area contributed by atoms with Crippen LogP contribution < -0.4 is 0 Å². The highest BCUT2D eigenvalue weighted by molar-refractivity contribution is 5.67. The highest BCUT2D eigenvalue weighted by Crippen LogP contribution is 2.43. The van der Waals surface area contributed by atoms with Crippen molar-refractivity contribution in [1.29, 1.82) is 0 Å². The Morgan fingerprint density at radius 1 is 1.25 bits per heavy atom. The Hall–Kier alpha value is -1.60. The number of alkyl halides is 3. The molecular formula is C12H15F3N2O3. The number of nitrogens with zero attached hydrogens (tertiary/aromatic N) is 2. The van der Waals surface area contributed by atoms with E-state index < -0.39 is 29.9 Å². The van der Waals surface area contributed by atoms with Gasteiger partial charge in [0.2, 0.25) is 11.8 Å². The number of hydrogen-bond donors (Lipinski definition) is 1. The van der Waals surface area contributed by atoms with Crippen LogP contribution in [0.1, 0.15) is 43.9 Å². The van der Waals surface area contributed by atoms with Gasteiger partial charge in [0.25, 0.3) is 0 Å². The maximum Gasteiger partial charge on any atom is 0.397 e. The zero-order valence-corrected chi connectivity index (χ0v) is 10.7. The van der Waals surface area contributed by atoms with Gasteiger partial charge in [-0.15, -0.1) is 10.2 Å². The van der Waals surface area contributed by atoms with Crippen molar-refractivity contribution in [2.75, 3.05) is 0 Å². The van der Waals surface area contributed by atoms with Crippen molar-refractivity contribution < 1.29 is 27.5 Å². The lowest BCUT2D eigenvalue weighted by molar-refractivity contribution is -0.139. The minimum absolute atomic E-state index is 0.0238. The summed E-state index contributed by atoms with van der Waals surface area (Å²) in [5.74, 6) is -1.30. The third kappa shape index (κ3) is 3.94. The van der Waals surface area contributed by atoms with Crippen LogP contribution in [-0.2, 0) is 17.6 Å². The quantitative estimate of drug-likeness (QED) is 0.903. The van der Waals surface area contributed by atoms with E-state index in [-0.39, 0.29) is 18.7 Å². The lowest BCUT2D eigenvalue weighted by Crippen LogP contribution is -2.24. The fraction of sp³-hybridized carbons (Fsp3) is 0.750. The molecule has 112 valence electrons. The van der Waals surface area contributed by atoms with Gasteiger partial charge in [0.15, 0.2) is 0 Å². The lowest BCUT2D eigenvalue weighted by Gasteiger charge is -2.24. The van der Waals surface area contributed by atoms with Gasteiger partial charge in [-0.05, 0) is 18.3 Å². The van der Waals surface area contributed by atoms with E-state index in [1.165, 1.54) is 0 Å². The summed E-state index contributed by atoms with van der Waals surface area (Å²) in [5, 5.41) is 15.9. The summed E-state index contributed by atoms with van der Waals surface area (Å²) >= 11 is 0. The molecular weight excluding hydrogens is 277 g/mol. The molecule has 0 amide bonds. The van der Waals surface area contributed by atoms with E-state index >= 15 is 0 Å². The molecule has 1 fully saturated rings. The van der Waals surface area contributed by atoms with Gasteiger partial charge in [0.05, 0.1) is 6.42 Å². The number of halogens is 3. The van der Waals surface area contributed by atoms with Crippen LogP contribution >= 0.6 is 0 Å². The molecule has 5 nitrogen and oxygen atoms in total. The number of hydrogen-bond acceptors (Lipinski definition) is 4. The van der Waals surface area contributed by atoms with E-state index in [9.17, 15) is 18.0 Å². The SMILES string of the molecule is O=C(O)CC1(Cc2nnc(CC(F)(F)F)o2)CCCC1. The molecule has 2 rings (SSSR count). The second kappa shape index (κ2) is 5.41. The Bertz CT molecular complexity index is 479. The summed E-state index contributed by atoms with van der Waals surface area (Å²) in [7, 11) is 0. The molecule has 0 aliphatic heterocycles. The van der Waals surface area contributed by atoms with Crippen LogP contribution in [0.4, 0.5) is 13.2 Å². The molecule has 0 aromatic carbocycles. The molecule has 1 aliphatic carbocycles. The van der Waals surface area contributed by atoms with Crippen molar-refractivity contribution in [2.24, 2.45) is 5.41 Å². The highest BCUT2D eigenvalue weighted by atomic mass is 19.4. The summed E-state index contributed by atoms with van der Waals surface area (Å²) in [6.45, 7) is 0. The van der Waals surface area contributed by atoms with Crippen molar-refractivity contribution >= 4 is 5.97 Å². The maximum absolute atomic E-state index is 12.2. The Morgan fingerprint density at radius 3 is 2.40 bits per heavy atom. The van der Waals surface area contributed by atoms with Crippen LogP contribution in [0.15, 0.2) is 4.42 Å². The first-order valence-electron chi connectivity index (χ1n) is 6.38. The lowest BCUT2D eigenvalue weighted by atomic mass is 9.79. The Labute approximate surface area is 113 Å². The van der Waals surface area contributed by atoms with Crippen molar-refractivity contribution in [1.82, 2.24) is 10.2 Å². The van der Waals surface area contributed by atoms with Gasteiger partial charge in [0, 0.05) is 6.42 Å². The average molecular weight is 292 g/mol. The summed E-state index contributed by atoms with van der Waals surface area (Å²) < 4.78 is 41.6. The van der Waals surface area contributed by atoms with E-state index in [1.54, 1.807) is 0 Å². The van der Waals surface area contributed by atoms with Gasteiger partial charge in [-0.3, -0.25) is 4.79 Å². The molecule has 0 atom stereocenters. The minimum atomic E-state index is -4.39. The normalized spacial score (nSPS) is 18.4. The average Bonchev–Trinajstić information content (AvgIpc) is 2.86. The van der Waals surface area contributed by atoms with E-state index in [0.29, 0.717) is 0 Å². The van der Waals surface area contributed by atoms with E-state index in [0.717, 1.165) is 25.7 Å². The first-order valence-corrected chi connectivity index (χ1v) is 6.38. The number of aliphatic carboxylic acids is 1. The standard InChI is InChI=1S/C12H15F3N2O3/c13-12(14,15)6-9-17-16-8(20-9)5-11(7-10(18)19)3-1-2-4-11/h1-7H2,(H,18,19). The van der Waals surface area contributed by atoms with Gasteiger partial charge >= 0.3 is 12.1 Å². The van der Waals surface area contributed by atoms with Gasteiger partial charge in [0.1, 0.15) is 6.42 Å². The maximum atomic E-state index is 12.2. The molecule has 1 saturated carbocycles. The summed E-state index contributed by atoms with van der Waals surface area (Å²) in [4.78, 5) is 10.9. The van der Waals surface area contributed by atoms with Crippen LogP contribution in [0, 0.1) is 5.41 Å². The van der Waals surface area contributed by atoms with Gasteiger partial charge in [-0.25, -0.2) is 0 Å². The molecule has 1 aromatic rings. The van der Waals surface area contributed by atoms with Crippen LogP contribution in [0.3, 0.4) is 0 Å². The first kappa shape index (κ1) is 14.8. The van der Waals surface area contributed by atoms with Crippen molar-refractivity contribution in [3.8, 4) is 0 Å². The highest BCUT2D eigenvalue weighted by Gasteiger charge is 2.38. The molecule has 1 N–H and O–H groups in total. The molecule has 1 aliphatic rings. The molecule has 20 heavy (non-hydrogen) atoms. The van der Waals surface area contributed by atoms with Gasteiger partial charge in [-0.1, -0.05) is 12.8 Å². The molecule has 0 bridgehead atoms. The molecule has 0 saturated heterocycles. The topological polar surface area (TPSA) is 76.2 Å². The van der Waals surface area contributed by atoms with Crippen LogP contribution in [0.5, 0.6) is 0 Å². The number of rotatable bonds is 5. The Morgan fingerprint density at radius 2 is 1.85 bits per heavy atom. The smallest absolute Gasteiger partial charge is 0.397 e. The molecule has 0 spiro atoms.